The standard InChI is InChI=1S/C14H20N2/c1-9(2)11-7-10(3)16-13(12(11)8-15)14(4,5)6/h7,9H,1-6H3. The highest BCUT2D eigenvalue weighted by Gasteiger charge is 2.23. The molecule has 0 aliphatic rings. The van der Waals surface area contributed by atoms with Gasteiger partial charge < -0.3 is 0 Å². The molecular weight excluding hydrogens is 196 g/mol. The van der Waals surface area contributed by atoms with E-state index in [2.05, 4.69) is 45.7 Å². The van der Waals surface area contributed by atoms with Crippen molar-refractivity contribution in [2.45, 2.75) is 52.9 Å². The lowest BCUT2D eigenvalue weighted by molar-refractivity contribution is 0.562. The maximum absolute atomic E-state index is 9.31. The van der Waals surface area contributed by atoms with Gasteiger partial charge in [0.25, 0.3) is 0 Å². The lowest BCUT2D eigenvalue weighted by Gasteiger charge is -2.22. The molecule has 0 aliphatic carbocycles. The minimum atomic E-state index is -0.0826. The zero-order valence-electron chi connectivity index (χ0n) is 11.0. The van der Waals surface area contributed by atoms with Crippen LogP contribution < -0.4 is 0 Å². The van der Waals surface area contributed by atoms with Crippen molar-refractivity contribution in [3.63, 3.8) is 0 Å². The van der Waals surface area contributed by atoms with Crippen molar-refractivity contribution in [3.8, 4) is 6.07 Å². The van der Waals surface area contributed by atoms with Gasteiger partial charge in [0, 0.05) is 11.1 Å². The molecule has 0 bridgehead atoms. The van der Waals surface area contributed by atoms with Crippen LogP contribution in [0.2, 0.25) is 0 Å². The number of aryl methyl sites for hydroxylation is 1. The normalized spacial score (nSPS) is 11.6. The fourth-order valence-electron chi connectivity index (χ4n) is 1.81. The molecule has 0 radical (unpaired) electrons. The molecule has 2 heteroatoms. The molecule has 16 heavy (non-hydrogen) atoms. The Kier molecular flexibility index (Phi) is 3.38. The second-order valence-electron chi connectivity index (χ2n) is 5.59. The Morgan fingerprint density at radius 2 is 1.88 bits per heavy atom. The first-order valence-corrected chi connectivity index (χ1v) is 5.69. The van der Waals surface area contributed by atoms with Crippen molar-refractivity contribution in [2.75, 3.05) is 0 Å². The summed E-state index contributed by atoms with van der Waals surface area (Å²) >= 11 is 0. The number of rotatable bonds is 1. The minimum Gasteiger partial charge on any atom is -0.256 e. The lowest BCUT2D eigenvalue weighted by Crippen LogP contribution is -2.18. The van der Waals surface area contributed by atoms with Crippen LogP contribution in [0.25, 0.3) is 0 Å². The zero-order chi connectivity index (χ0) is 12.5. The van der Waals surface area contributed by atoms with Gasteiger partial charge in [0.1, 0.15) is 6.07 Å². The number of hydrogen-bond acceptors (Lipinski definition) is 2. The molecule has 0 amide bonds. The maximum atomic E-state index is 9.31. The van der Waals surface area contributed by atoms with Crippen molar-refractivity contribution >= 4 is 0 Å². The van der Waals surface area contributed by atoms with Crippen molar-refractivity contribution in [1.29, 1.82) is 5.26 Å². The molecule has 0 unspecified atom stereocenters. The Labute approximate surface area is 98.3 Å². The fraction of sp³-hybridized carbons (Fsp3) is 0.571. The van der Waals surface area contributed by atoms with Crippen molar-refractivity contribution in [3.05, 3.63) is 28.6 Å². The molecule has 0 aromatic carbocycles. The first-order valence-electron chi connectivity index (χ1n) is 5.69. The molecule has 0 N–H and O–H groups in total. The highest BCUT2D eigenvalue weighted by atomic mass is 14.7. The largest absolute Gasteiger partial charge is 0.256 e. The van der Waals surface area contributed by atoms with Crippen LogP contribution in [-0.2, 0) is 5.41 Å². The Bertz CT molecular complexity index is 431. The number of nitriles is 1. The van der Waals surface area contributed by atoms with Crippen LogP contribution in [0.4, 0.5) is 0 Å². The monoisotopic (exact) mass is 216 g/mol. The third-order valence-corrected chi connectivity index (χ3v) is 2.62. The average molecular weight is 216 g/mol. The summed E-state index contributed by atoms with van der Waals surface area (Å²) in [4.78, 5) is 4.54. The molecule has 0 saturated heterocycles. The maximum Gasteiger partial charge on any atom is 0.101 e. The molecule has 86 valence electrons. The number of nitrogens with zero attached hydrogens (tertiary/aromatic N) is 2. The Hall–Kier alpha value is -1.36. The summed E-state index contributed by atoms with van der Waals surface area (Å²) in [6, 6.07) is 4.34. The summed E-state index contributed by atoms with van der Waals surface area (Å²) in [5, 5.41) is 9.31. The molecule has 0 atom stereocenters. The van der Waals surface area contributed by atoms with Crippen LogP contribution in [0.3, 0.4) is 0 Å². The average Bonchev–Trinajstić information content (AvgIpc) is 2.14. The van der Waals surface area contributed by atoms with Gasteiger partial charge in [0.05, 0.1) is 11.3 Å². The van der Waals surface area contributed by atoms with E-state index in [4.69, 9.17) is 0 Å². The molecule has 1 aromatic rings. The summed E-state index contributed by atoms with van der Waals surface area (Å²) in [6.45, 7) is 12.5. The van der Waals surface area contributed by atoms with E-state index < -0.39 is 0 Å². The van der Waals surface area contributed by atoms with Crippen LogP contribution in [0.15, 0.2) is 6.07 Å². The summed E-state index contributed by atoms with van der Waals surface area (Å²) in [5.74, 6) is 0.359. The van der Waals surface area contributed by atoms with E-state index in [-0.39, 0.29) is 5.41 Å². The molecule has 0 spiro atoms. The van der Waals surface area contributed by atoms with E-state index >= 15 is 0 Å². The predicted molar refractivity (Wildman–Crippen MR) is 66.5 cm³/mol. The van der Waals surface area contributed by atoms with Crippen LogP contribution >= 0.6 is 0 Å². The van der Waals surface area contributed by atoms with E-state index in [0.717, 1.165) is 22.5 Å². The molecule has 1 aromatic heterocycles. The topological polar surface area (TPSA) is 36.7 Å². The Morgan fingerprint density at radius 3 is 2.25 bits per heavy atom. The van der Waals surface area contributed by atoms with Gasteiger partial charge >= 0.3 is 0 Å². The molecule has 2 nitrogen and oxygen atoms in total. The smallest absolute Gasteiger partial charge is 0.101 e. The quantitative estimate of drug-likeness (QED) is 0.718. The zero-order valence-corrected chi connectivity index (χ0v) is 11.0. The third kappa shape index (κ3) is 2.41. The van der Waals surface area contributed by atoms with Gasteiger partial charge in [-0.1, -0.05) is 34.6 Å². The van der Waals surface area contributed by atoms with E-state index in [1.165, 1.54) is 0 Å². The SMILES string of the molecule is Cc1cc(C(C)C)c(C#N)c(C(C)(C)C)n1. The van der Waals surface area contributed by atoms with Gasteiger partial charge in [0.2, 0.25) is 0 Å². The van der Waals surface area contributed by atoms with Crippen molar-refractivity contribution in [2.24, 2.45) is 0 Å². The first kappa shape index (κ1) is 12.7. The van der Waals surface area contributed by atoms with Gasteiger partial charge in [-0.2, -0.15) is 5.26 Å². The molecule has 0 fully saturated rings. The van der Waals surface area contributed by atoms with E-state index in [9.17, 15) is 5.26 Å². The number of pyridine rings is 1. The van der Waals surface area contributed by atoms with Gasteiger partial charge in [-0.15, -0.1) is 0 Å². The number of aromatic nitrogens is 1. The summed E-state index contributed by atoms with van der Waals surface area (Å²) in [5.41, 5.74) is 3.69. The molecule has 1 heterocycles. The van der Waals surface area contributed by atoms with Gasteiger partial charge in [-0.05, 0) is 24.5 Å². The van der Waals surface area contributed by atoms with Crippen LogP contribution in [-0.4, -0.2) is 4.98 Å². The second kappa shape index (κ2) is 4.25. The van der Waals surface area contributed by atoms with Crippen LogP contribution in [0, 0.1) is 18.3 Å². The Balaban J connectivity index is 3.57. The highest BCUT2D eigenvalue weighted by Crippen LogP contribution is 2.29. The highest BCUT2D eigenvalue weighted by molar-refractivity contribution is 5.46. The van der Waals surface area contributed by atoms with Gasteiger partial charge in [-0.3, -0.25) is 4.98 Å². The summed E-state index contributed by atoms with van der Waals surface area (Å²) in [7, 11) is 0. The molecule has 0 aliphatic heterocycles. The van der Waals surface area contributed by atoms with E-state index in [1.807, 2.05) is 13.0 Å². The van der Waals surface area contributed by atoms with E-state index in [0.29, 0.717) is 5.92 Å². The Morgan fingerprint density at radius 1 is 1.31 bits per heavy atom. The summed E-state index contributed by atoms with van der Waals surface area (Å²) in [6.07, 6.45) is 0. The minimum absolute atomic E-state index is 0.0826. The van der Waals surface area contributed by atoms with Crippen molar-refractivity contribution < 1.29 is 0 Å². The van der Waals surface area contributed by atoms with Crippen molar-refractivity contribution in [1.82, 2.24) is 4.98 Å². The summed E-state index contributed by atoms with van der Waals surface area (Å²) < 4.78 is 0. The van der Waals surface area contributed by atoms with Crippen LogP contribution in [0.1, 0.15) is 63.1 Å². The first-order chi connectivity index (χ1) is 7.27. The van der Waals surface area contributed by atoms with Gasteiger partial charge in [-0.25, -0.2) is 0 Å². The van der Waals surface area contributed by atoms with E-state index in [1.54, 1.807) is 0 Å². The molecule has 1 rings (SSSR count). The fourth-order valence-corrected chi connectivity index (χ4v) is 1.81. The number of hydrogen-bond donors (Lipinski definition) is 0. The van der Waals surface area contributed by atoms with Crippen LogP contribution in [0.5, 0.6) is 0 Å². The molecular formula is C14H20N2. The van der Waals surface area contributed by atoms with Gasteiger partial charge in [0.15, 0.2) is 0 Å². The second-order valence-corrected chi connectivity index (χ2v) is 5.59. The lowest BCUT2D eigenvalue weighted by atomic mass is 9.84. The molecule has 0 saturated carbocycles. The third-order valence-electron chi connectivity index (χ3n) is 2.62. The predicted octanol–water partition coefficient (Wildman–Crippen LogP) is 3.68.